The summed E-state index contributed by atoms with van der Waals surface area (Å²) in [4.78, 5) is 12.5. The van der Waals surface area contributed by atoms with Crippen LogP contribution in [0.2, 0.25) is 5.02 Å². The molecule has 1 saturated heterocycles. The third-order valence-electron chi connectivity index (χ3n) is 5.16. The summed E-state index contributed by atoms with van der Waals surface area (Å²) in [6.07, 6.45) is 2.77. The van der Waals surface area contributed by atoms with Gasteiger partial charge in [-0.2, -0.15) is 4.31 Å². The maximum Gasteiger partial charge on any atom is 0.243 e. The summed E-state index contributed by atoms with van der Waals surface area (Å²) in [5.41, 5.74) is 0. The topological polar surface area (TPSA) is 75.7 Å². The highest BCUT2D eigenvalue weighted by Gasteiger charge is 2.33. The number of nitrogens with one attached hydrogen (secondary N) is 1. The average Bonchev–Trinajstić information content (AvgIpc) is 2.77. The first-order valence-corrected chi connectivity index (χ1v) is 12.1. The van der Waals surface area contributed by atoms with E-state index in [1.54, 1.807) is 24.3 Å². The molecule has 0 radical (unpaired) electrons. The van der Waals surface area contributed by atoms with E-state index in [0.29, 0.717) is 37.6 Å². The summed E-state index contributed by atoms with van der Waals surface area (Å²) in [7, 11) is -3.74. The van der Waals surface area contributed by atoms with Gasteiger partial charge in [-0.1, -0.05) is 11.6 Å². The Balaban J connectivity index is 1.41. The van der Waals surface area contributed by atoms with Crippen molar-refractivity contribution < 1.29 is 22.3 Å². The van der Waals surface area contributed by atoms with Crippen molar-refractivity contribution in [2.45, 2.75) is 30.6 Å². The number of ether oxygens (including phenoxy) is 1. The zero-order valence-corrected chi connectivity index (χ0v) is 18.7. The molecule has 1 N–H and O–H groups in total. The van der Waals surface area contributed by atoms with Crippen LogP contribution < -0.4 is 10.1 Å². The number of sulfonamides is 1. The zero-order valence-electron chi connectivity index (χ0n) is 17.1. The predicted molar refractivity (Wildman–Crippen MR) is 117 cm³/mol. The number of nitrogens with zero attached hydrogens (tertiary/aromatic N) is 1. The molecule has 6 nitrogen and oxygen atoms in total. The van der Waals surface area contributed by atoms with E-state index in [9.17, 15) is 17.6 Å². The minimum Gasteiger partial charge on any atom is -0.494 e. The fourth-order valence-corrected chi connectivity index (χ4v) is 5.08. The number of amides is 1. The molecular formula is C22H26ClFN2O4S. The van der Waals surface area contributed by atoms with Crippen molar-refractivity contribution in [1.29, 1.82) is 0 Å². The van der Waals surface area contributed by atoms with E-state index in [2.05, 4.69) is 5.32 Å². The number of piperidine rings is 1. The average molecular weight is 469 g/mol. The van der Waals surface area contributed by atoms with E-state index in [1.165, 1.54) is 16.4 Å². The summed E-state index contributed by atoms with van der Waals surface area (Å²) in [6, 6.07) is 11.9. The Bertz CT molecular complexity index is 968. The number of hydrogen-bond donors (Lipinski definition) is 1. The van der Waals surface area contributed by atoms with Crippen LogP contribution in [-0.4, -0.2) is 44.9 Å². The molecular weight excluding hydrogens is 443 g/mol. The lowest BCUT2D eigenvalue weighted by Crippen LogP contribution is -2.45. The molecule has 0 saturated carbocycles. The van der Waals surface area contributed by atoms with Crippen LogP contribution in [0.3, 0.4) is 0 Å². The lowest BCUT2D eigenvalue weighted by atomic mass is 9.99. The summed E-state index contributed by atoms with van der Waals surface area (Å²) >= 11 is 5.83. The number of halogens is 2. The normalized spacial score (nSPS) is 17.3. The minimum atomic E-state index is -3.74. The Labute approximate surface area is 187 Å². The van der Waals surface area contributed by atoms with Gasteiger partial charge in [-0.3, -0.25) is 4.79 Å². The van der Waals surface area contributed by atoms with Crippen LogP contribution in [0.4, 0.5) is 4.39 Å². The summed E-state index contributed by atoms with van der Waals surface area (Å²) in [5, 5.41) is 3.55. The first-order chi connectivity index (χ1) is 14.9. The van der Waals surface area contributed by atoms with Crippen molar-refractivity contribution in [1.82, 2.24) is 9.62 Å². The van der Waals surface area contributed by atoms with E-state index in [1.807, 2.05) is 0 Å². The van der Waals surface area contributed by atoms with Gasteiger partial charge in [0.15, 0.2) is 0 Å². The van der Waals surface area contributed by atoms with Gasteiger partial charge in [-0.15, -0.1) is 0 Å². The van der Waals surface area contributed by atoms with Crippen LogP contribution in [0.15, 0.2) is 53.4 Å². The van der Waals surface area contributed by atoms with Crippen LogP contribution in [0.5, 0.6) is 5.75 Å². The minimum absolute atomic E-state index is 0.0376. The number of carbonyl (C=O) groups is 1. The number of carbonyl (C=O) groups excluding carboxylic acids is 1. The molecule has 9 heteroatoms. The third kappa shape index (κ3) is 6.66. The maximum atomic E-state index is 13.1. The monoisotopic (exact) mass is 468 g/mol. The Morgan fingerprint density at radius 1 is 1.13 bits per heavy atom. The lowest BCUT2D eigenvalue weighted by Gasteiger charge is -2.31. The number of hydrogen-bond acceptors (Lipinski definition) is 4. The van der Waals surface area contributed by atoms with Gasteiger partial charge < -0.3 is 10.1 Å². The smallest absolute Gasteiger partial charge is 0.243 e. The molecule has 1 aliphatic rings. The van der Waals surface area contributed by atoms with E-state index in [4.69, 9.17) is 16.3 Å². The van der Waals surface area contributed by atoms with Gasteiger partial charge in [0.25, 0.3) is 0 Å². The highest BCUT2D eigenvalue weighted by Crippen LogP contribution is 2.24. The highest BCUT2D eigenvalue weighted by atomic mass is 35.5. The Kier molecular flexibility index (Phi) is 8.28. The first kappa shape index (κ1) is 23.5. The molecule has 168 valence electrons. The Morgan fingerprint density at radius 2 is 1.84 bits per heavy atom. The van der Waals surface area contributed by atoms with Gasteiger partial charge in [-0.25, -0.2) is 12.8 Å². The summed E-state index contributed by atoms with van der Waals surface area (Å²) in [6.45, 7) is 1.52. The molecule has 1 amide bonds. The van der Waals surface area contributed by atoms with Gasteiger partial charge in [0.2, 0.25) is 15.9 Å². The first-order valence-electron chi connectivity index (χ1n) is 10.3. The predicted octanol–water partition coefficient (Wildman–Crippen LogP) is 3.86. The molecule has 3 rings (SSSR count). The molecule has 0 bridgehead atoms. The standard InChI is InChI=1S/C22H26ClFN2O4S/c23-18-5-9-20(10-6-18)30-15-2-1-13-25-22(27)17-4-3-14-26(16-17)31(28,29)21-11-7-19(24)8-12-21/h5-12,17H,1-4,13-16H2,(H,25,27)/t17-/m1/s1. The van der Waals surface area contributed by atoms with E-state index < -0.39 is 21.8 Å². The third-order valence-corrected chi connectivity index (χ3v) is 7.29. The maximum absolute atomic E-state index is 13.1. The molecule has 1 atom stereocenters. The molecule has 2 aromatic carbocycles. The van der Waals surface area contributed by atoms with Crippen LogP contribution in [-0.2, 0) is 14.8 Å². The highest BCUT2D eigenvalue weighted by molar-refractivity contribution is 7.89. The van der Waals surface area contributed by atoms with E-state index >= 15 is 0 Å². The molecule has 0 spiro atoms. The lowest BCUT2D eigenvalue weighted by molar-refractivity contribution is -0.126. The van der Waals surface area contributed by atoms with Gasteiger partial charge in [0.1, 0.15) is 11.6 Å². The van der Waals surface area contributed by atoms with Gasteiger partial charge >= 0.3 is 0 Å². The van der Waals surface area contributed by atoms with Crippen molar-refractivity contribution in [2.75, 3.05) is 26.2 Å². The van der Waals surface area contributed by atoms with Gasteiger partial charge in [-0.05, 0) is 74.2 Å². The molecule has 2 aromatic rings. The van der Waals surface area contributed by atoms with Crippen molar-refractivity contribution in [3.63, 3.8) is 0 Å². The van der Waals surface area contributed by atoms with Crippen molar-refractivity contribution in [3.8, 4) is 5.75 Å². The second kappa shape index (κ2) is 10.9. The number of rotatable bonds is 9. The van der Waals surface area contributed by atoms with Crippen LogP contribution >= 0.6 is 11.6 Å². The summed E-state index contributed by atoms with van der Waals surface area (Å²) in [5.74, 6) is -0.279. The quantitative estimate of drug-likeness (QED) is 0.567. The Hall–Kier alpha value is -2.16. The second-order valence-electron chi connectivity index (χ2n) is 7.46. The molecule has 0 aromatic heterocycles. The molecule has 31 heavy (non-hydrogen) atoms. The molecule has 0 unspecified atom stereocenters. The SMILES string of the molecule is O=C(NCCCCOc1ccc(Cl)cc1)[C@@H]1CCCN(S(=O)(=O)c2ccc(F)cc2)C1. The van der Waals surface area contributed by atoms with E-state index in [0.717, 1.165) is 30.7 Å². The van der Waals surface area contributed by atoms with Crippen molar-refractivity contribution in [3.05, 3.63) is 59.4 Å². The van der Waals surface area contributed by atoms with Gasteiger partial charge in [0.05, 0.1) is 17.4 Å². The van der Waals surface area contributed by atoms with Crippen molar-refractivity contribution >= 4 is 27.5 Å². The van der Waals surface area contributed by atoms with Crippen LogP contribution in [0, 0.1) is 11.7 Å². The molecule has 1 fully saturated rings. The van der Waals surface area contributed by atoms with Crippen LogP contribution in [0.1, 0.15) is 25.7 Å². The van der Waals surface area contributed by atoms with Gasteiger partial charge in [0, 0.05) is 24.7 Å². The second-order valence-corrected chi connectivity index (χ2v) is 9.83. The zero-order chi connectivity index (χ0) is 22.3. The number of benzene rings is 2. The molecule has 1 aliphatic heterocycles. The summed E-state index contributed by atoms with van der Waals surface area (Å²) < 4.78 is 45.6. The van der Waals surface area contributed by atoms with Crippen molar-refractivity contribution in [2.24, 2.45) is 5.92 Å². The Morgan fingerprint density at radius 3 is 2.55 bits per heavy atom. The number of unbranched alkanes of at least 4 members (excludes halogenated alkanes) is 1. The molecule has 0 aliphatic carbocycles. The molecule has 1 heterocycles. The fourth-order valence-electron chi connectivity index (χ4n) is 3.43. The fraction of sp³-hybridized carbons (Fsp3) is 0.409. The van der Waals surface area contributed by atoms with Crippen LogP contribution in [0.25, 0.3) is 0 Å². The van der Waals surface area contributed by atoms with E-state index in [-0.39, 0.29) is 17.3 Å². The largest absolute Gasteiger partial charge is 0.494 e.